The van der Waals surface area contributed by atoms with Gasteiger partial charge in [-0.05, 0) is 12.1 Å². The molecule has 0 aliphatic heterocycles. The monoisotopic (exact) mass is 189 g/mol. The minimum absolute atomic E-state index is 0.167. The summed E-state index contributed by atoms with van der Waals surface area (Å²) in [5.74, 6) is 0.433. The molecule has 0 aromatic heterocycles. The third-order valence-corrected chi connectivity index (χ3v) is 1.31. The van der Waals surface area contributed by atoms with E-state index in [2.05, 4.69) is 0 Å². The molecule has 0 spiro atoms. The summed E-state index contributed by atoms with van der Waals surface area (Å²) in [5.41, 5.74) is 0. The van der Waals surface area contributed by atoms with Gasteiger partial charge in [-0.1, -0.05) is 18.2 Å². The second kappa shape index (κ2) is 4.16. The van der Waals surface area contributed by atoms with Crippen molar-refractivity contribution >= 4 is 0 Å². The number of hydrogen-bond acceptors (Lipinski definition) is 1. The predicted molar refractivity (Wildman–Crippen MR) is 42.3 cm³/mol. The molecule has 1 nitrogen and oxygen atoms in total. The Bertz CT molecular complexity index is 243. The van der Waals surface area contributed by atoms with Gasteiger partial charge in [0, 0.05) is 0 Å². The van der Waals surface area contributed by atoms with Gasteiger partial charge in [-0.15, -0.1) is 0 Å². The van der Waals surface area contributed by atoms with Crippen molar-refractivity contribution in [2.45, 2.75) is 6.18 Å². The van der Waals surface area contributed by atoms with Crippen LogP contribution in [0.2, 0.25) is 0 Å². The standard InChI is InChI=1S/C9H8F3O/c10-9(11,12)6-7-13-8-4-2-1-3-5-8/h1-6H,7H2. The zero-order chi connectivity index (χ0) is 9.73. The first-order valence-electron chi connectivity index (χ1n) is 3.67. The Balaban J connectivity index is 2.29. The molecular weight excluding hydrogens is 181 g/mol. The van der Waals surface area contributed by atoms with Crippen molar-refractivity contribution in [2.75, 3.05) is 6.61 Å². The maximum Gasteiger partial charge on any atom is 0.395 e. The fourth-order valence-corrected chi connectivity index (χ4v) is 0.749. The van der Waals surface area contributed by atoms with Crippen LogP contribution in [0, 0.1) is 6.42 Å². The van der Waals surface area contributed by atoms with Gasteiger partial charge in [0.1, 0.15) is 18.8 Å². The fourth-order valence-electron chi connectivity index (χ4n) is 0.749. The molecule has 1 radical (unpaired) electrons. The summed E-state index contributed by atoms with van der Waals surface area (Å²) < 4.78 is 39.7. The van der Waals surface area contributed by atoms with Crippen LogP contribution < -0.4 is 4.74 Å². The van der Waals surface area contributed by atoms with Crippen LogP contribution in [0.4, 0.5) is 13.2 Å². The zero-order valence-electron chi connectivity index (χ0n) is 6.71. The number of ether oxygens (including phenoxy) is 1. The molecule has 0 heterocycles. The van der Waals surface area contributed by atoms with Gasteiger partial charge in [0.15, 0.2) is 0 Å². The van der Waals surface area contributed by atoms with E-state index >= 15 is 0 Å². The van der Waals surface area contributed by atoms with Crippen LogP contribution in [-0.2, 0) is 0 Å². The van der Waals surface area contributed by atoms with E-state index in [1.165, 1.54) is 0 Å². The van der Waals surface area contributed by atoms with E-state index in [0.29, 0.717) is 5.75 Å². The van der Waals surface area contributed by atoms with Gasteiger partial charge in [-0.25, -0.2) is 0 Å². The lowest BCUT2D eigenvalue weighted by atomic mass is 10.3. The largest absolute Gasteiger partial charge is 0.493 e. The first-order valence-corrected chi connectivity index (χ1v) is 3.67. The van der Waals surface area contributed by atoms with Gasteiger partial charge in [0.25, 0.3) is 0 Å². The molecule has 0 bridgehead atoms. The molecule has 13 heavy (non-hydrogen) atoms. The highest BCUT2D eigenvalue weighted by Gasteiger charge is 2.27. The van der Waals surface area contributed by atoms with Crippen LogP contribution in [-0.4, -0.2) is 12.8 Å². The summed E-state index contributed by atoms with van der Waals surface area (Å²) in [5, 5.41) is 0. The van der Waals surface area contributed by atoms with Gasteiger partial charge >= 0.3 is 6.18 Å². The molecule has 71 valence electrons. The molecule has 0 unspecified atom stereocenters. The van der Waals surface area contributed by atoms with Gasteiger partial charge in [-0.3, -0.25) is 0 Å². The van der Waals surface area contributed by atoms with Crippen molar-refractivity contribution < 1.29 is 17.9 Å². The first-order chi connectivity index (χ1) is 6.08. The number of para-hydroxylation sites is 1. The quantitative estimate of drug-likeness (QED) is 0.710. The van der Waals surface area contributed by atoms with E-state index in [1.807, 2.05) is 0 Å². The molecule has 1 aromatic rings. The summed E-state index contributed by atoms with van der Waals surface area (Å²) >= 11 is 0. The minimum atomic E-state index is -4.27. The molecule has 0 N–H and O–H groups in total. The normalized spacial score (nSPS) is 11.3. The van der Waals surface area contributed by atoms with Crippen LogP contribution in [0.1, 0.15) is 0 Å². The van der Waals surface area contributed by atoms with E-state index in [0.717, 1.165) is 0 Å². The lowest BCUT2D eigenvalue weighted by Gasteiger charge is -2.07. The van der Waals surface area contributed by atoms with Crippen LogP contribution in [0.15, 0.2) is 30.3 Å². The molecule has 0 aliphatic rings. The Morgan fingerprint density at radius 3 is 2.31 bits per heavy atom. The first kappa shape index (κ1) is 9.89. The van der Waals surface area contributed by atoms with Gasteiger partial charge in [-0.2, -0.15) is 13.2 Å². The second-order valence-corrected chi connectivity index (χ2v) is 2.37. The molecule has 0 saturated carbocycles. The van der Waals surface area contributed by atoms with Crippen LogP contribution >= 0.6 is 0 Å². The Labute approximate surface area is 74.1 Å². The Kier molecular flexibility index (Phi) is 3.17. The number of benzene rings is 1. The second-order valence-electron chi connectivity index (χ2n) is 2.37. The fraction of sp³-hybridized carbons (Fsp3) is 0.222. The third kappa shape index (κ3) is 4.40. The van der Waals surface area contributed by atoms with Crippen LogP contribution in [0.3, 0.4) is 0 Å². The van der Waals surface area contributed by atoms with E-state index in [-0.39, 0.29) is 6.42 Å². The molecule has 1 rings (SSSR count). The summed E-state index contributed by atoms with van der Waals surface area (Å²) in [6.07, 6.45) is -4.10. The molecule has 4 heteroatoms. The average Bonchev–Trinajstić information content (AvgIpc) is 2.04. The van der Waals surface area contributed by atoms with Crippen LogP contribution in [0.5, 0.6) is 5.75 Å². The Hall–Kier alpha value is -1.19. The number of rotatable bonds is 3. The third-order valence-electron chi connectivity index (χ3n) is 1.31. The van der Waals surface area contributed by atoms with E-state index in [4.69, 9.17) is 4.74 Å². The molecule has 0 amide bonds. The van der Waals surface area contributed by atoms with Gasteiger partial charge < -0.3 is 4.74 Å². The van der Waals surface area contributed by atoms with E-state index < -0.39 is 12.8 Å². The average molecular weight is 189 g/mol. The zero-order valence-corrected chi connectivity index (χ0v) is 6.71. The smallest absolute Gasteiger partial charge is 0.395 e. The summed E-state index contributed by atoms with van der Waals surface area (Å²) in [6.45, 7) is -0.451. The Morgan fingerprint density at radius 1 is 1.15 bits per heavy atom. The van der Waals surface area contributed by atoms with Crippen molar-refractivity contribution in [3.8, 4) is 5.75 Å². The molecule has 0 atom stereocenters. The lowest BCUT2D eigenvalue weighted by molar-refractivity contribution is -0.101. The highest BCUT2D eigenvalue weighted by Crippen LogP contribution is 2.19. The minimum Gasteiger partial charge on any atom is -0.493 e. The van der Waals surface area contributed by atoms with E-state index in [9.17, 15) is 13.2 Å². The number of alkyl halides is 3. The summed E-state index contributed by atoms with van der Waals surface area (Å²) in [6, 6.07) is 8.36. The van der Waals surface area contributed by atoms with Crippen molar-refractivity contribution in [2.24, 2.45) is 0 Å². The van der Waals surface area contributed by atoms with Gasteiger partial charge in [0.05, 0.1) is 0 Å². The SMILES string of the molecule is FC(F)(F)[CH]COc1ccccc1. The van der Waals surface area contributed by atoms with Crippen molar-refractivity contribution in [1.29, 1.82) is 0 Å². The van der Waals surface area contributed by atoms with Crippen molar-refractivity contribution in [3.05, 3.63) is 36.8 Å². The topological polar surface area (TPSA) is 9.23 Å². The van der Waals surface area contributed by atoms with Gasteiger partial charge in [0.2, 0.25) is 0 Å². The molecule has 0 saturated heterocycles. The highest BCUT2D eigenvalue weighted by molar-refractivity contribution is 5.21. The van der Waals surface area contributed by atoms with Crippen LogP contribution in [0.25, 0.3) is 0 Å². The lowest BCUT2D eigenvalue weighted by Crippen LogP contribution is -2.14. The molecular formula is C9H8F3O. The van der Waals surface area contributed by atoms with Crippen molar-refractivity contribution in [1.82, 2.24) is 0 Å². The number of hydrogen-bond donors (Lipinski definition) is 0. The summed E-state index contributed by atoms with van der Waals surface area (Å²) in [7, 11) is 0. The highest BCUT2D eigenvalue weighted by atomic mass is 19.4. The Morgan fingerprint density at radius 2 is 1.77 bits per heavy atom. The van der Waals surface area contributed by atoms with Crippen molar-refractivity contribution in [3.63, 3.8) is 0 Å². The maximum atomic E-state index is 11.6. The maximum absolute atomic E-state index is 11.6. The molecule has 0 aliphatic carbocycles. The predicted octanol–water partition coefficient (Wildman–Crippen LogP) is 2.83. The summed E-state index contributed by atoms with van der Waals surface area (Å²) in [4.78, 5) is 0. The van der Waals surface area contributed by atoms with E-state index in [1.54, 1.807) is 30.3 Å². The molecule has 0 fully saturated rings. The number of halogens is 3. The molecule has 1 aromatic carbocycles.